The molecular weight excluding hydrogens is 238 g/mol. The highest BCUT2D eigenvalue weighted by atomic mass is 16.5. The summed E-state index contributed by atoms with van der Waals surface area (Å²) in [5, 5.41) is 9.25. The van der Waals surface area contributed by atoms with Crippen molar-refractivity contribution in [1.29, 1.82) is 5.26 Å². The van der Waals surface area contributed by atoms with Crippen molar-refractivity contribution in [2.24, 2.45) is 11.8 Å². The van der Waals surface area contributed by atoms with E-state index in [0.29, 0.717) is 12.3 Å². The minimum Gasteiger partial charge on any atom is -0.496 e. The number of nitriles is 1. The molecule has 0 heterocycles. The second-order valence-electron chi connectivity index (χ2n) is 5.20. The van der Waals surface area contributed by atoms with Crippen LogP contribution in [0.2, 0.25) is 0 Å². The predicted octanol–water partition coefficient (Wildman–Crippen LogP) is 3.66. The summed E-state index contributed by atoms with van der Waals surface area (Å²) < 4.78 is 10.9. The quantitative estimate of drug-likeness (QED) is 0.812. The Morgan fingerprint density at radius 3 is 2.21 bits per heavy atom. The van der Waals surface area contributed by atoms with E-state index < -0.39 is 0 Å². The third-order valence-electron chi connectivity index (χ3n) is 3.70. The molecule has 0 aliphatic carbocycles. The van der Waals surface area contributed by atoms with Crippen LogP contribution in [0.5, 0.6) is 11.5 Å². The number of benzene rings is 1. The monoisotopic (exact) mass is 261 g/mol. The van der Waals surface area contributed by atoms with Crippen molar-refractivity contribution >= 4 is 0 Å². The lowest BCUT2D eigenvalue weighted by atomic mass is 9.88. The molecule has 0 bridgehead atoms. The summed E-state index contributed by atoms with van der Waals surface area (Å²) in [7, 11) is 3.34. The smallest absolute Gasteiger partial charge is 0.125 e. The maximum absolute atomic E-state index is 9.25. The van der Waals surface area contributed by atoms with E-state index in [1.54, 1.807) is 14.2 Å². The van der Waals surface area contributed by atoms with E-state index in [1.165, 1.54) is 0 Å². The average molecular weight is 261 g/mol. The molecule has 0 saturated carbocycles. The lowest BCUT2D eigenvalue weighted by molar-refractivity contribution is 0.386. The van der Waals surface area contributed by atoms with Gasteiger partial charge >= 0.3 is 0 Å². The van der Waals surface area contributed by atoms with E-state index in [4.69, 9.17) is 9.47 Å². The third-order valence-corrected chi connectivity index (χ3v) is 3.70. The molecule has 1 rings (SSSR count). The number of nitrogens with zero attached hydrogens (tertiary/aromatic N) is 1. The van der Waals surface area contributed by atoms with Crippen LogP contribution < -0.4 is 9.47 Å². The van der Waals surface area contributed by atoms with Gasteiger partial charge in [-0.15, -0.1) is 0 Å². The Morgan fingerprint density at radius 2 is 1.79 bits per heavy atom. The van der Waals surface area contributed by atoms with Crippen molar-refractivity contribution < 1.29 is 9.47 Å². The van der Waals surface area contributed by atoms with Crippen LogP contribution in [-0.4, -0.2) is 14.2 Å². The summed E-state index contributed by atoms with van der Waals surface area (Å²) in [6.45, 7) is 8.18. The summed E-state index contributed by atoms with van der Waals surface area (Å²) >= 11 is 0. The standard InChI is InChI=1S/C16H23NO2/c1-10(2)14(9-17)7-13-8-15(18-5)11(3)12(4)16(13)19-6/h8,10,14H,7H2,1-6H3. The van der Waals surface area contributed by atoms with Gasteiger partial charge in [0.05, 0.1) is 26.2 Å². The van der Waals surface area contributed by atoms with Crippen molar-refractivity contribution in [2.75, 3.05) is 14.2 Å². The molecule has 1 atom stereocenters. The van der Waals surface area contributed by atoms with Crippen molar-refractivity contribution in [2.45, 2.75) is 34.1 Å². The number of ether oxygens (including phenoxy) is 2. The second kappa shape index (κ2) is 6.47. The summed E-state index contributed by atoms with van der Waals surface area (Å²) in [6, 6.07) is 4.37. The van der Waals surface area contributed by atoms with Crippen molar-refractivity contribution in [3.05, 3.63) is 22.8 Å². The van der Waals surface area contributed by atoms with Gasteiger partial charge in [0.1, 0.15) is 11.5 Å². The first kappa shape index (κ1) is 15.4. The molecule has 0 amide bonds. The molecular formula is C16H23NO2. The molecule has 104 valence electrons. The van der Waals surface area contributed by atoms with Crippen LogP contribution in [-0.2, 0) is 6.42 Å². The number of methoxy groups -OCH3 is 2. The average Bonchev–Trinajstić information content (AvgIpc) is 2.39. The second-order valence-corrected chi connectivity index (χ2v) is 5.20. The largest absolute Gasteiger partial charge is 0.496 e. The Labute approximate surface area is 116 Å². The zero-order chi connectivity index (χ0) is 14.6. The number of rotatable bonds is 5. The van der Waals surface area contributed by atoms with Crippen molar-refractivity contribution in [3.8, 4) is 17.6 Å². The highest BCUT2D eigenvalue weighted by Gasteiger charge is 2.19. The lowest BCUT2D eigenvalue weighted by Gasteiger charge is -2.19. The van der Waals surface area contributed by atoms with Gasteiger partial charge in [-0.2, -0.15) is 5.26 Å². The maximum atomic E-state index is 9.25. The fourth-order valence-corrected chi connectivity index (χ4v) is 2.24. The Balaban J connectivity index is 3.26. The molecule has 0 aliphatic heterocycles. The number of hydrogen-bond acceptors (Lipinski definition) is 3. The van der Waals surface area contributed by atoms with Gasteiger partial charge in [0, 0.05) is 0 Å². The number of hydrogen-bond donors (Lipinski definition) is 0. The summed E-state index contributed by atoms with van der Waals surface area (Å²) in [5.41, 5.74) is 3.21. The highest BCUT2D eigenvalue weighted by molar-refractivity contribution is 5.52. The van der Waals surface area contributed by atoms with Crippen LogP contribution in [0.15, 0.2) is 6.07 Å². The van der Waals surface area contributed by atoms with E-state index in [1.807, 2.05) is 19.9 Å². The molecule has 1 unspecified atom stereocenters. The summed E-state index contributed by atoms with van der Waals surface area (Å²) in [6.07, 6.45) is 0.689. The van der Waals surface area contributed by atoms with Gasteiger partial charge in [0.15, 0.2) is 0 Å². The van der Waals surface area contributed by atoms with Crippen LogP contribution in [0.3, 0.4) is 0 Å². The zero-order valence-electron chi connectivity index (χ0n) is 12.7. The Hall–Kier alpha value is -1.69. The molecule has 1 aromatic carbocycles. The normalized spacial score (nSPS) is 12.1. The molecule has 0 fully saturated rings. The summed E-state index contributed by atoms with van der Waals surface area (Å²) in [5.74, 6) is 2.04. The molecule has 0 N–H and O–H groups in total. The minimum atomic E-state index is -0.0132. The Kier molecular flexibility index (Phi) is 5.23. The van der Waals surface area contributed by atoms with Gasteiger partial charge in [-0.3, -0.25) is 0 Å². The Bertz CT molecular complexity index is 487. The third kappa shape index (κ3) is 3.20. The minimum absolute atomic E-state index is 0.0132. The molecule has 3 heteroatoms. The van der Waals surface area contributed by atoms with Gasteiger partial charge in [0.2, 0.25) is 0 Å². The first-order valence-electron chi connectivity index (χ1n) is 6.56. The van der Waals surface area contributed by atoms with Gasteiger partial charge in [0.25, 0.3) is 0 Å². The first-order valence-corrected chi connectivity index (χ1v) is 6.56. The molecule has 3 nitrogen and oxygen atoms in total. The molecule has 0 saturated heterocycles. The van der Waals surface area contributed by atoms with Gasteiger partial charge in [-0.25, -0.2) is 0 Å². The van der Waals surface area contributed by atoms with Crippen LogP contribution in [0.4, 0.5) is 0 Å². The van der Waals surface area contributed by atoms with Crippen LogP contribution >= 0.6 is 0 Å². The predicted molar refractivity (Wildman–Crippen MR) is 76.7 cm³/mol. The van der Waals surface area contributed by atoms with E-state index in [-0.39, 0.29) is 5.92 Å². The van der Waals surface area contributed by atoms with Gasteiger partial charge < -0.3 is 9.47 Å². The van der Waals surface area contributed by atoms with Gasteiger partial charge in [-0.1, -0.05) is 13.8 Å². The van der Waals surface area contributed by atoms with Crippen LogP contribution in [0, 0.1) is 37.0 Å². The maximum Gasteiger partial charge on any atom is 0.125 e. The van der Waals surface area contributed by atoms with E-state index in [0.717, 1.165) is 28.2 Å². The first-order chi connectivity index (χ1) is 8.96. The van der Waals surface area contributed by atoms with Gasteiger partial charge in [-0.05, 0) is 48.9 Å². The highest BCUT2D eigenvalue weighted by Crippen LogP contribution is 2.35. The zero-order valence-corrected chi connectivity index (χ0v) is 12.7. The molecule has 0 aliphatic rings. The van der Waals surface area contributed by atoms with Crippen LogP contribution in [0.25, 0.3) is 0 Å². The fourth-order valence-electron chi connectivity index (χ4n) is 2.24. The molecule has 0 aromatic heterocycles. The molecule has 0 spiro atoms. The summed E-state index contributed by atoms with van der Waals surface area (Å²) in [4.78, 5) is 0. The molecule has 1 aromatic rings. The fraction of sp³-hybridized carbons (Fsp3) is 0.562. The molecule has 19 heavy (non-hydrogen) atoms. The van der Waals surface area contributed by atoms with Crippen molar-refractivity contribution in [1.82, 2.24) is 0 Å². The SMILES string of the molecule is COc1cc(CC(C#N)C(C)C)c(OC)c(C)c1C. The topological polar surface area (TPSA) is 42.2 Å². The van der Waals surface area contributed by atoms with E-state index in [9.17, 15) is 5.26 Å². The van der Waals surface area contributed by atoms with Crippen LogP contribution in [0.1, 0.15) is 30.5 Å². The lowest BCUT2D eigenvalue weighted by Crippen LogP contribution is -2.11. The molecule has 0 radical (unpaired) electrons. The van der Waals surface area contributed by atoms with Crippen molar-refractivity contribution in [3.63, 3.8) is 0 Å². The Morgan fingerprint density at radius 1 is 1.16 bits per heavy atom. The van der Waals surface area contributed by atoms with E-state index >= 15 is 0 Å². The van der Waals surface area contributed by atoms with E-state index in [2.05, 4.69) is 19.9 Å².